The fourth-order valence-corrected chi connectivity index (χ4v) is 2.46. The molecular weight excluding hydrogens is 278 g/mol. The van der Waals surface area contributed by atoms with Crippen molar-refractivity contribution in [2.24, 2.45) is 11.8 Å². The largest absolute Gasteiger partial charge is 0.382 e. The van der Waals surface area contributed by atoms with Gasteiger partial charge in [-0.05, 0) is 30.9 Å². The number of nitriles is 1. The van der Waals surface area contributed by atoms with Crippen molar-refractivity contribution in [3.63, 3.8) is 0 Å². The van der Waals surface area contributed by atoms with E-state index in [-0.39, 0.29) is 17.6 Å². The Morgan fingerprint density at radius 3 is 2.86 bits per heavy atom. The van der Waals surface area contributed by atoms with Crippen LogP contribution in [0.2, 0.25) is 0 Å². The summed E-state index contributed by atoms with van der Waals surface area (Å²) in [5.74, 6) is 0.755. The Bertz CT molecular complexity index is 754. The van der Waals surface area contributed by atoms with Gasteiger partial charge >= 0.3 is 0 Å². The molecule has 0 radical (unpaired) electrons. The zero-order valence-corrected chi connectivity index (χ0v) is 12.3. The number of benzene rings is 1. The Hall–Kier alpha value is -2.81. The number of nitrogens with two attached hydrogens (primary N) is 1. The highest BCUT2D eigenvalue weighted by atomic mass is 16.1. The van der Waals surface area contributed by atoms with Gasteiger partial charge in [-0.25, -0.2) is 4.68 Å². The van der Waals surface area contributed by atoms with Gasteiger partial charge in [0.1, 0.15) is 17.5 Å². The number of hydrogen-bond donors (Lipinski definition) is 2. The summed E-state index contributed by atoms with van der Waals surface area (Å²) in [7, 11) is 0. The molecule has 6 heteroatoms. The van der Waals surface area contributed by atoms with Gasteiger partial charge < -0.3 is 11.1 Å². The summed E-state index contributed by atoms with van der Waals surface area (Å²) in [5, 5.41) is 16.1. The predicted octanol–water partition coefficient (Wildman–Crippen LogP) is 2.31. The summed E-state index contributed by atoms with van der Waals surface area (Å²) in [6, 6.07) is 9.28. The molecule has 1 aliphatic carbocycles. The molecule has 22 heavy (non-hydrogen) atoms. The van der Waals surface area contributed by atoms with Gasteiger partial charge in [0, 0.05) is 5.92 Å². The molecule has 1 amide bonds. The lowest BCUT2D eigenvalue weighted by Gasteiger charge is -2.15. The summed E-state index contributed by atoms with van der Waals surface area (Å²) in [6.07, 6.45) is 3.66. The van der Waals surface area contributed by atoms with Gasteiger partial charge in [0.25, 0.3) is 0 Å². The molecule has 3 N–H and O–H groups in total. The van der Waals surface area contributed by atoms with Crippen LogP contribution in [0.4, 0.5) is 11.5 Å². The smallest absolute Gasteiger partial charge is 0.227 e. The van der Waals surface area contributed by atoms with E-state index in [1.54, 1.807) is 6.07 Å². The maximum atomic E-state index is 12.3. The minimum Gasteiger partial charge on any atom is -0.382 e. The first kappa shape index (κ1) is 14.1. The lowest BCUT2D eigenvalue weighted by Crippen LogP contribution is -2.22. The van der Waals surface area contributed by atoms with E-state index in [2.05, 4.69) is 10.4 Å². The third-order valence-electron chi connectivity index (χ3n) is 4.06. The van der Waals surface area contributed by atoms with Crippen LogP contribution in [0, 0.1) is 23.2 Å². The molecule has 6 nitrogen and oxygen atoms in total. The first-order valence-corrected chi connectivity index (χ1v) is 7.25. The van der Waals surface area contributed by atoms with Crippen molar-refractivity contribution in [1.29, 1.82) is 5.26 Å². The van der Waals surface area contributed by atoms with Crippen LogP contribution in [0.3, 0.4) is 0 Å². The van der Waals surface area contributed by atoms with Crippen molar-refractivity contribution in [1.82, 2.24) is 9.78 Å². The normalized spacial score (nSPS) is 15.1. The van der Waals surface area contributed by atoms with Crippen molar-refractivity contribution in [3.05, 3.63) is 36.0 Å². The highest BCUT2D eigenvalue weighted by Crippen LogP contribution is 2.37. The summed E-state index contributed by atoms with van der Waals surface area (Å²) >= 11 is 0. The van der Waals surface area contributed by atoms with Gasteiger partial charge in [-0.2, -0.15) is 10.4 Å². The minimum absolute atomic E-state index is 0.00110. The van der Waals surface area contributed by atoms with Gasteiger partial charge in [0.2, 0.25) is 5.91 Å². The zero-order valence-electron chi connectivity index (χ0n) is 12.3. The van der Waals surface area contributed by atoms with Crippen LogP contribution in [-0.4, -0.2) is 15.7 Å². The third-order valence-corrected chi connectivity index (χ3v) is 4.06. The van der Waals surface area contributed by atoms with Crippen LogP contribution in [0.5, 0.6) is 0 Å². The van der Waals surface area contributed by atoms with E-state index >= 15 is 0 Å². The van der Waals surface area contributed by atoms with Gasteiger partial charge in [-0.15, -0.1) is 0 Å². The number of nitrogens with one attached hydrogen (secondary N) is 1. The van der Waals surface area contributed by atoms with E-state index in [1.807, 2.05) is 31.2 Å². The molecule has 0 saturated heterocycles. The summed E-state index contributed by atoms with van der Waals surface area (Å²) in [6.45, 7) is 1.95. The van der Waals surface area contributed by atoms with Crippen molar-refractivity contribution in [2.75, 3.05) is 11.1 Å². The minimum atomic E-state index is -0.00214. The Balaban J connectivity index is 1.91. The third kappa shape index (κ3) is 2.53. The van der Waals surface area contributed by atoms with Crippen molar-refractivity contribution in [2.45, 2.75) is 19.8 Å². The first-order valence-electron chi connectivity index (χ1n) is 7.25. The Morgan fingerprint density at radius 1 is 1.50 bits per heavy atom. The highest BCUT2D eigenvalue weighted by Gasteiger charge is 2.32. The Kier molecular flexibility index (Phi) is 3.55. The van der Waals surface area contributed by atoms with Gasteiger partial charge in [0.15, 0.2) is 0 Å². The fraction of sp³-hybridized carbons (Fsp3) is 0.312. The van der Waals surface area contributed by atoms with Gasteiger partial charge in [-0.1, -0.05) is 19.1 Å². The molecule has 1 aliphatic rings. The number of carbonyl (C=O) groups excluding carboxylic acids is 1. The molecule has 0 unspecified atom stereocenters. The molecule has 112 valence electrons. The van der Waals surface area contributed by atoms with Crippen LogP contribution in [0.15, 0.2) is 30.5 Å². The van der Waals surface area contributed by atoms with Crippen LogP contribution in [-0.2, 0) is 4.79 Å². The van der Waals surface area contributed by atoms with Crippen molar-refractivity contribution < 1.29 is 4.79 Å². The molecular formula is C16H17N5O. The highest BCUT2D eigenvalue weighted by molar-refractivity contribution is 5.94. The molecule has 1 aromatic carbocycles. The molecule has 3 rings (SSSR count). The summed E-state index contributed by atoms with van der Waals surface area (Å²) in [5.41, 5.74) is 7.53. The average molecular weight is 295 g/mol. The van der Waals surface area contributed by atoms with E-state index in [1.165, 1.54) is 10.9 Å². The monoisotopic (exact) mass is 295 g/mol. The quantitative estimate of drug-likeness (QED) is 0.904. The maximum Gasteiger partial charge on any atom is 0.227 e. The number of carbonyl (C=O) groups is 1. The van der Waals surface area contributed by atoms with Crippen molar-refractivity contribution in [3.8, 4) is 11.8 Å². The molecule has 1 atom stereocenters. The fourth-order valence-electron chi connectivity index (χ4n) is 2.46. The molecule has 0 aliphatic heterocycles. The summed E-state index contributed by atoms with van der Waals surface area (Å²) < 4.78 is 1.47. The zero-order chi connectivity index (χ0) is 15.7. The summed E-state index contributed by atoms with van der Waals surface area (Å²) in [4.78, 5) is 12.3. The molecule has 1 saturated carbocycles. The van der Waals surface area contributed by atoms with Crippen LogP contribution < -0.4 is 11.1 Å². The van der Waals surface area contributed by atoms with E-state index in [4.69, 9.17) is 11.0 Å². The number of nitrogen functional groups attached to an aromatic ring is 1. The second-order valence-corrected chi connectivity index (χ2v) is 5.60. The number of rotatable bonds is 4. The second kappa shape index (κ2) is 5.53. The maximum absolute atomic E-state index is 12.3. The Morgan fingerprint density at radius 2 is 2.23 bits per heavy atom. The number of para-hydroxylation sites is 2. The van der Waals surface area contributed by atoms with Crippen molar-refractivity contribution >= 4 is 17.4 Å². The lowest BCUT2D eigenvalue weighted by molar-refractivity contribution is -0.119. The van der Waals surface area contributed by atoms with Gasteiger partial charge in [0.05, 0.1) is 17.6 Å². The van der Waals surface area contributed by atoms with Gasteiger partial charge in [-0.3, -0.25) is 4.79 Å². The van der Waals surface area contributed by atoms with Crippen LogP contribution in [0.1, 0.15) is 25.3 Å². The topological polar surface area (TPSA) is 96.7 Å². The predicted molar refractivity (Wildman–Crippen MR) is 83.2 cm³/mol. The second-order valence-electron chi connectivity index (χ2n) is 5.60. The van der Waals surface area contributed by atoms with E-state index in [0.29, 0.717) is 22.9 Å². The molecule has 2 aromatic rings. The number of anilines is 2. The molecule has 1 fully saturated rings. The molecule has 1 aromatic heterocycles. The van der Waals surface area contributed by atoms with E-state index < -0.39 is 0 Å². The average Bonchev–Trinajstić information content (AvgIpc) is 3.30. The Labute approximate surface area is 128 Å². The standard InChI is InChI=1S/C16H17N5O/c1-10(11-6-7-11)16(22)20-13-4-2-3-5-14(13)21-15(18)12(8-17)9-19-21/h2-5,9-11H,6-7,18H2,1H3,(H,20,22)/t10-/m1/s1. The van der Waals surface area contributed by atoms with Crippen LogP contribution in [0.25, 0.3) is 5.69 Å². The molecule has 1 heterocycles. The number of aromatic nitrogens is 2. The van der Waals surface area contributed by atoms with E-state index in [9.17, 15) is 4.79 Å². The first-order chi connectivity index (χ1) is 10.6. The number of nitrogens with zero attached hydrogens (tertiary/aromatic N) is 3. The number of hydrogen-bond acceptors (Lipinski definition) is 4. The van der Waals surface area contributed by atoms with Crippen LogP contribution >= 0.6 is 0 Å². The lowest BCUT2D eigenvalue weighted by atomic mass is 10.1. The van der Waals surface area contributed by atoms with E-state index in [0.717, 1.165) is 12.8 Å². The molecule has 0 spiro atoms. The number of amides is 1. The SMILES string of the molecule is C[C@@H](C(=O)Nc1ccccc1-n1ncc(C#N)c1N)C1CC1. The molecule has 0 bridgehead atoms.